The average molecular weight is 237 g/mol. The molecule has 0 spiro atoms. The molecule has 0 atom stereocenters. The molecule has 5 nitrogen and oxygen atoms in total. The van der Waals surface area contributed by atoms with Gasteiger partial charge in [0.1, 0.15) is 11.4 Å². The van der Waals surface area contributed by atoms with E-state index < -0.39 is 12.2 Å². The standard InChI is InChI=1S/C8H10F3N3O2/c1-15-6-2-4(13)7(14-5(6)3-12)16-8(9,10)11/h2H,3,12-13H2,1H3. The number of anilines is 1. The van der Waals surface area contributed by atoms with E-state index in [4.69, 9.17) is 16.2 Å². The van der Waals surface area contributed by atoms with E-state index in [1.165, 1.54) is 13.2 Å². The predicted octanol–water partition coefficient (Wildman–Crippen LogP) is 1.03. The number of halogens is 3. The number of nitrogens with two attached hydrogens (primary N) is 2. The fourth-order valence-electron chi connectivity index (χ4n) is 1.04. The third kappa shape index (κ3) is 2.89. The molecule has 16 heavy (non-hydrogen) atoms. The molecule has 0 aromatic carbocycles. The van der Waals surface area contributed by atoms with Crippen LogP contribution in [-0.2, 0) is 6.54 Å². The van der Waals surface area contributed by atoms with Gasteiger partial charge in [-0.25, -0.2) is 4.98 Å². The zero-order chi connectivity index (χ0) is 12.3. The van der Waals surface area contributed by atoms with Crippen LogP contribution in [-0.4, -0.2) is 18.5 Å². The molecule has 0 aliphatic heterocycles. The first-order valence-electron chi connectivity index (χ1n) is 4.16. The highest BCUT2D eigenvalue weighted by Crippen LogP contribution is 2.30. The summed E-state index contributed by atoms with van der Waals surface area (Å²) >= 11 is 0. The average Bonchev–Trinajstić information content (AvgIpc) is 2.18. The summed E-state index contributed by atoms with van der Waals surface area (Å²) in [4.78, 5) is 3.53. The Balaban J connectivity index is 3.11. The summed E-state index contributed by atoms with van der Waals surface area (Å²) in [6.45, 7) is -0.0856. The molecule has 0 fully saturated rings. The minimum absolute atomic E-state index is 0.0856. The lowest BCUT2D eigenvalue weighted by atomic mass is 10.3. The summed E-state index contributed by atoms with van der Waals surface area (Å²) in [5, 5.41) is 0. The molecule has 0 radical (unpaired) electrons. The Morgan fingerprint density at radius 3 is 2.50 bits per heavy atom. The number of nitrogens with zero attached hydrogens (tertiary/aromatic N) is 1. The highest BCUT2D eigenvalue weighted by Gasteiger charge is 2.33. The van der Waals surface area contributed by atoms with Gasteiger partial charge in [0.2, 0.25) is 5.88 Å². The maximum absolute atomic E-state index is 12.0. The molecule has 0 saturated carbocycles. The molecular weight excluding hydrogens is 227 g/mol. The number of alkyl halides is 3. The van der Waals surface area contributed by atoms with E-state index in [0.717, 1.165) is 0 Å². The molecule has 0 bridgehead atoms. The van der Waals surface area contributed by atoms with E-state index in [9.17, 15) is 13.2 Å². The Kier molecular flexibility index (Phi) is 3.43. The van der Waals surface area contributed by atoms with Crippen molar-refractivity contribution in [1.29, 1.82) is 0 Å². The monoisotopic (exact) mass is 237 g/mol. The molecule has 90 valence electrons. The summed E-state index contributed by atoms with van der Waals surface area (Å²) in [5.41, 5.74) is 10.5. The largest absolute Gasteiger partial charge is 0.574 e. The zero-order valence-corrected chi connectivity index (χ0v) is 8.34. The van der Waals surface area contributed by atoms with E-state index >= 15 is 0 Å². The maximum atomic E-state index is 12.0. The Hall–Kier alpha value is -1.70. The number of rotatable bonds is 3. The second-order valence-electron chi connectivity index (χ2n) is 2.78. The minimum atomic E-state index is -4.85. The molecule has 1 aromatic rings. The van der Waals surface area contributed by atoms with Gasteiger partial charge in [0.25, 0.3) is 0 Å². The highest BCUT2D eigenvalue weighted by atomic mass is 19.4. The van der Waals surface area contributed by atoms with Gasteiger partial charge in [-0.15, -0.1) is 13.2 Å². The molecule has 0 unspecified atom stereocenters. The molecule has 0 amide bonds. The summed E-state index contributed by atoms with van der Waals surface area (Å²) < 4.78 is 44.3. The molecule has 4 N–H and O–H groups in total. The summed E-state index contributed by atoms with van der Waals surface area (Å²) in [7, 11) is 1.33. The van der Waals surface area contributed by atoms with Gasteiger partial charge in [-0.3, -0.25) is 0 Å². The molecule has 8 heteroatoms. The van der Waals surface area contributed by atoms with Crippen LogP contribution in [0.5, 0.6) is 11.6 Å². The Bertz CT molecular complexity index is 382. The van der Waals surface area contributed by atoms with Crippen molar-refractivity contribution < 1.29 is 22.6 Å². The van der Waals surface area contributed by atoms with Crippen molar-refractivity contribution in [3.63, 3.8) is 0 Å². The van der Waals surface area contributed by atoms with E-state index in [0.29, 0.717) is 0 Å². The van der Waals surface area contributed by atoms with Crippen molar-refractivity contribution in [3.05, 3.63) is 11.8 Å². The topological polar surface area (TPSA) is 83.4 Å². The fraction of sp³-hybridized carbons (Fsp3) is 0.375. The number of aromatic nitrogens is 1. The van der Waals surface area contributed by atoms with Gasteiger partial charge in [0.05, 0.1) is 12.8 Å². The lowest BCUT2D eigenvalue weighted by Gasteiger charge is -2.13. The summed E-state index contributed by atoms with van der Waals surface area (Å²) in [6.07, 6.45) is -4.85. The Morgan fingerprint density at radius 2 is 2.06 bits per heavy atom. The first-order chi connectivity index (χ1) is 7.37. The van der Waals surface area contributed by atoms with Crippen molar-refractivity contribution >= 4 is 5.69 Å². The molecule has 1 heterocycles. The highest BCUT2D eigenvalue weighted by molar-refractivity contribution is 5.53. The maximum Gasteiger partial charge on any atom is 0.574 e. The molecular formula is C8H10F3N3O2. The van der Waals surface area contributed by atoms with E-state index in [1.54, 1.807) is 0 Å². The van der Waals surface area contributed by atoms with Crippen molar-refractivity contribution in [3.8, 4) is 11.6 Å². The van der Waals surface area contributed by atoms with Crippen LogP contribution in [0.3, 0.4) is 0 Å². The van der Waals surface area contributed by atoms with Gasteiger partial charge < -0.3 is 20.9 Å². The van der Waals surface area contributed by atoms with Crippen LogP contribution in [0.2, 0.25) is 0 Å². The van der Waals surface area contributed by atoms with Crippen LogP contribution in [0.4, 0.5) is 18.9 Å². The minimum Gasteiger partial charge on any atom is -0.495 e. The van der Waals surface area contributed by atoms with Gasteiger partial charge in [-0.2, -0.15) is 0 Å². The first-order valence-corrected chi connectivity index (χ1v) is 4.16. The van der Waals surface area contributed by atoms with Gasteiger partial charge in [0, 0.05) is 12.6 Å². The Morgan fingerprint density at radius 1 is 1.44 bits per heavy atom. The summed E-state index contributed by atoms with van der Waals surface area (Å²) in [5.74, 6) is -0.511. The van der Waals surface area contributed by atoms with Crippen LogP contribution in [0.1, 0.15) is 5.69 Å². The van der Waals surface area contributed by atoms with Crippen molar-refractivity contribution in [2.45, 2.75) is 12.9 Å². The number of nitrogen functional groups attached to an aromatic ring is 1. The second-order valence-corrected chi connectivity index (χ2v) is 2.78. The molecule has 0 aliphatic carbocycles. The number of hydrogen-bond acceptors (Lipinski definition) is 5. The fourth-order valence-corrected chi connectivity index (χ4v) is 1.04. The normalized spacial score (nSPS) is 11.3. The summed E-state index contributed by atoms with van der Waals surface area (Å²) in [6, 6.07) is 1.18. The lowest BCUT2D eigenvalue weighted by Crippen LogP contribution is -2.19. The van der Waals surface area contributed by atoms with Gasteiger partial charge in [0.15, 0.2) is 0 Å². The van der Waals surface area contributed by atoms with Crippen LogP contribution >= 0.6 is 0 Å². The molecule has 1 rings (SSSR count). The van der Waals surface area contributed by atoms with Crippen LogP contribution in [0.25, 0.3) is 0 Å². The van der Waals surface area contributed by atoms with Crippen molar-refractivity contribution in [2.75, 3.05) is 12.8 Å². The van der Waals surface area contributed by atoms with Gasteiger partial charge >= 0.3 is 6.36 Å². The third-order valence-electron chi connectivity index (χ3n) is 1.68. The Labute approximate surface area is 89.1 Å². The number of methoxy groups -OCH3 is 1. The van der Waals surface area contributed by atoms with E-state index in [2.05, 4.69) is 9.72 Å². The predicted molar refractivity (Wildman–Crippen MR) is 49.8 cm³/mol. The quantitative estimate of drug-likeness (QED) is 0.820. The molecule has 0 saturated heterocycles. The SMILES string of the molecule is COc1cc(N)c(OC(F)(F)F)nc1CN. The first kappa shape index (κ1) is 12.4. The number of pyridine rings is 1. The molecule has 1 aromatic heterocycles. The van der Waals surface area contributed by atoms with Gasteiger partial charge in [-0.05, 0) is 0 Å². The van der Waals surface area contributed by atoms with Gasteiger partial charge in [-0.1, -0.05) is 0 Å². The molecule has 0 aliphatic rings. The van der Waals surface area contributed by atoms with Crippen LogP contribution in [0.15, 0.2) is 6.07 Å². The lowest BCUT2D eigenvalue weighted by molar-refractivity contribution is -0.275. The van der Waals surface area contributed by atoms with E-state index in [1.807, 2.05) is 0 Å². The van der Waals surface area contributed by atoms with Crippen molar-refractivity contribution in [1.82, 2.24) is 4.98 Å². The van der Waals surface area contributed by atoms with Crippen molar-refractivity contribution in [2.24, 2.45) is 5.73 Å². The van der Waals surface area contributed by atoms with Crippen LogP contribution < -0.4 is 20.9 Å². The van der Waals surface area contributed by atoms with Crippen LogP contribution in [0, 0.1) is 0 Å². The number of hydrogen-bond donors (Lipinski definition) is 2. The van der Waals surface area contributed by atoms with E-state index in [-0.39, 0.29) is 23.7 Å². The second kappa shape index (κ2) is 4.44. The number of ether oxygens (including phenoxy) is 2. The zero-order valence-electron chi connectivity index (χ0n) is 8.34. The smallest absolute Gasteiger partial charge is 0.495 e. The third-order valence-corrected chi connectivity index (χ3v) is 1.68.